The van der Waals surface area contributed by atoms with Gasteiger partial charge in [-0.15, -0.1) is 11.3 Å². The number of amides is 2. The Kier molecular flexibility index (Phi) is 7.55. The maximum absolute atomic E-state index is 14.4. The number of imide groups is 1. The van der Waals surface area contributed by atoms with Crippen LogP contribution in [0.3, 0.4) is 0 Å². The van der Waals surface area contributed by atoms with Gasteiger partial charge in [-0.1, -0.05) is 25.1 Å². The highest BCUT2D eigenvalue weighted by Crippen LogP contribution is 2.58. The van der Waals surface area contributed by atoms with Crippen LogP contribution in [-0.4, -0.2) is 45.8 Å². The third-order valence-corrected chi connectivity index (χ3v) is 10.4. The highest BCUT2D eigenvalue weighted by molar-refractivity contribution is 7.90. The number of carbonyl (C=O) groups is 2. The van der Waals surface area contributed by atoms with E-state index < -0.39 is 51.4 Å². The number of thiazole rings is 1. The van der Waals surface area contributed by atoms with E-state index in [1.54, 1.807) is 56.8 Å². The smallest absolute Gasteiger partial charge is 0.417 e. The Morgan fingerprint density at radius 3 is 2.40 bits per heavy atom. The molecule has 0 N–H and O–H groups in total. The molecule has 2 heterocycles. The van der Waals surface area contributed by atoms with Gasteiger partial charge in [0.1, 0.15) is 18.0 Å². The Labute approximate surface area is 263 Å². The van der Waals surface area contributed by atoms with Crippen molar-refractivity contribution < 1.29 is 36.3 Å². The quantitative estimate of drug-likeness (QED) is 0.189. The molecule has 1 atom stereocenters. The first-order chi connectivity index (χ1) is 21.1. The molecule has 2 aliphatic rings. The van der Waals surface area contributed by atoms with E-state index in [9.17, 15) is 26.8 Å². The zero-order chi connectivity index (χ0) is 32.4. The predicted molar refractivity (Wildman–Crippen MR) is 164 cm³/mol. The van der Waals surface area contributed by atoms with Crippen LogP contribution in [-0.2, 0) is 32.7 Å². The van der Waals surface area contributed by atoms with Gasteiger partial charge < -0.3 is 9.47 Å². The second-order valence-electron chi connectivity index (χ2n) is 12.9. The Morgan fingerprint density at radius 1 is 1.13 bits per heavy atom. The van der Waals surface area contributed by atoms with Crippen molar-refractivity contribution in [3.05, 3.63) is 76.4 Å². The number of hydrogen-bond acceptors (Lipinski definition) is 8. The maximum Gasteiger partial charge on any atom is 0.417 e. The van der Waals surface area contributed by atoms with Crippen molar-refractivity contribution in [2.75, 3.05) is 0 Å². The monoisotopic (exact) mass is 657 g/mol. The molecular formula is C32H33F2N3O6S2. The summed E-state index contributed by atoms with van der Waals surface area (Å²) in [6.45, 7) is 6.34. The lowest BCUT2D eigenvalue weighted by Crippen LogP contribution is -2.43. The molecule has 6 rings (SSSR count). The SMILES string of the molecule is CC(C)(C)OC(=O)N(Cc1cc2cc(C3CC3(F)F)c(OCc3cscn3)cc2n1S(=O)(=O)c1ccccc1)C(=O)C1(C)CC1. The second kappa shape index (κ2) is 10.9. The van der Waals surface area contributed by atoms with Crippen molar-refractivity contribution in [2.24, 2.45) is 5.41 Å². The number of carbonyl (C=O) groups excluding carboxylic acids is 2. The molecule has 2 aromatic heterocycles. The molecule has 2 aromatic carbocycles. The molecule has 238 valence electrons. The molecule has 0 saturated heterocycles. The lowest BCUT2D eigenvalue weighted by molar-refractivity contribution is -0.136. The fourth-order valence-electron chi connectivity index (χ4n) is 5.21. The summed E-state index contributed by atoms with van der Waals surface area (Å²) in [4.78, 5) is 32.2. The summed E-state index contributed by atoms with van der Waals surface area (Å²) in [5.41, 5.74) is 1.02. The molecule has 0 aliphatic heterocycles. The van der Waals surface area contributed by atoms with E-state index >= 15 is 0 Å². The van der Waals surface area contributed by atoms with Crippen LogP contribution < -0.4 is 4.74 Å². The van der Waals surface area contributed by atoms with Crippen LogP contribution in [0.1, 0.15) is 69.8 Å². The number of fused-ring (bicyclic) bond motifs is 1. The zero-order valence-corrected chi connectivity index (χ0v) is 26.9. The summed E-state index contributed by atoms with van der Waals surface area (Å²) < 4.78 is 69.9. The van der Waals surface area contributed by atoms with Crippen LogP contribution in [0.15, 0.2) is 64.3 Å². The van der Waals surface area contributed by atoms with Gasteiger partial charge in [0, 0.05) is 34.2 Å². The first-order valence-corrected chi connectivity index (χ1v) is 16.9. The lowest BCUT2D eigenvalue weighted by atomic mass is 10.1. The Hall–Kier alpha value is -3.84. The summed E-state index contributed by atoms with van der Waals surface area (Å²) in [6.07, 6.45) is -0.106. The van der Waals surface area contributed by atoms with Crippen molar-refractivity contribution in [3.63, 3.8) is 0 Å². The lowest BCUT2D eigenvalue weighted by Gasteiger charge is -2.28. The second-order valence-corrected chi connectivity index (χ2v) is 15.4. The van der Waals surface area contributed by atoms with Gasteiger partial charge in [-0.05, 0) is 57.9 Å². The summed E-state index contributed by atoms with van der Waals surface area (Å²) in [5, 5.41) is 2.12. The summed E-state index contributed by atoms with van der Waals surface area (Å²) >= 11 is 1.36. The van der Waals surface area contributed by atoms with E-state index in [0.717, 1.165) is 8.87 Å². The first kappa shape index (κ1) is 31.2. The number of aromatic nitrogens is 2. The van der Waals surface area contributed by atoms with E-state index in [4.69, 9.17) is 9.47 Å². The van der Waals surface area contributed by atoms with Gasteiger partial charge in [0.05, 0.1) is 39.8 Å². The van der Waals surface area contributed by atoms with Crippen LogP contribution in [0.25, 0.3) is 10.9 Å². The minimum absolute atomic E-state index is 0.00119. The van der Waals surface area contributed by atoms with E-state index in [-0.39, 0.29) is 40.4 Å². The van der Waals surface area contributed by atoms with Gasteiger partial charge in [0.2, 0.25) is 5.91 Å². The topological polar surface area (TPSA) is 108 Å². The number of rotatable bonds is 9. The Morgan fingerprint density at radius 2 is 1.82 bits per heavy atom. The molecule has 2 fully saturated rings. The summed E-state index contributed by atoms with van der Waals surface area (Å²) in [7, 11) is -4.31. The van der Waals surface area contributed by atoms with Crippen LogP contribution in [0, 0.1) is 5.41 Å². The third-order valence-electron chi connectivity index (χ3n) is 8.00. The number of alkyl halides is 2. The van der Waals surface area contributed by atoms with Crippen molar-refractivity contribution in [3.8, 4) is 5.75 Å². The molecule has 2 aliphatic carbocycles. The average molecular weight is 658 g/mol. The Bertz CT molecular complexity index is 1880. The molecule has 0 bridgehead atoms. The normalized spacial score (nSPS) is 18.4. The fraction of sp³-hybridized carbons (Fsp3) is 0.406. The predicted octanol–water partition coefficient (Wildman–Crippen LogP) is 7.10. The van der Waals surface area contributed by atoms with Gasteiger partial charge in [-0.2, -0.15) is 0 Å². The number of nitrogens with zero attached hydrogens (tertiary/aromatic N) is 3. The zero-order valence-electron chi connectivity index (χ0n) is 25.2. The standard InChI is InChI=1S/C32H33F2N3O6S2/c1-30(2,3)43-29(39)36(28(38)31(4)10-11-31)16-22-12-20-13-24(25-15-32(25,33)34)27(42-17-21-18-44-19-35-21)14-26(20)37(22)45(40,41)23-8-6-5-7-9-23/h5-9,12-14,18-19,25H,10-11,15-17H2,1-4H3. The molecule has 13 heteroatoms. The molecule has 9 nitrogen and oxygen atoms in total. The molecule has 2 amide bonds. The average Bonchev–Trinajstić information content (AvgIpc) is 3.69. The molecule has 1 unspecified atom stereocenters. The fourth-order valence-corrected chi connectivity index (χ4v) is 7.30. The third kappa shape index (κ3) is 6.19. The van der Waals surface area contributed by atoms with E-state index in [1.807, 2.05) is 0 Å². The highest BCUT2D eigenvalue weighted by Gasteiger charge is 2.58. The van der Waals surface area contributed by atoms with Gasteiger partial charge in [0.25, 0.3) is 15.9 Å². The van der Waals surface area contributed by atoms with E-state index in [1.165, 1.54) is 41.7 Å². The summed E-state index contributed by atoms with van der Waals surface area (Å²) in [6, 6.07) is 12.2. The maximum atomic E-state index is 14.4. The van der Waals surface area contributed by atoms with Crippen molar-refractivity contribution in [2.45, 2.75) is 82.4 Å². The molecule has 0 spiro atoms. The Balaban J connectivity index is 1.52. The van der Waals surface area contributed by atoms with Gasteiger partial charge >= 0.3 is 6.09 Å². The van der Waals surface area contributed by atoms with Gasteiger partial charge in [-0.3, -0.25) is 4.79 Å². The molecule has 45 heavy (non-hydrogen) atoms. The van der Waals surface area contributed by atoms with E-state index in [2.05, 4.69) is 4.98 Å². The van der Waals surface area contributed by atoms with E-state index in [0.29, 0.717) is 23.9 Å². The number of benzene rings is 2. The van der Waals surface area contributed by atoms with Crippen molar-refractivity contribution in [1.82, 2.24) is 13.9 Å². The molecule has 2 saturated carbocycles. The van der Waals surface area contributed by atoms with Gasteiger partial charge in [-0.25, -0.2) is 35.8 Å². The molecule has 0 radical (unpaired) electrons. The number of halogens is 2. The van der Waals surface area contributed by atoms with Crippen LogP contribution in [0.4, 0.5) is 13.6 Å². The minimum atomic E-state index is -4.31. The first-order valence-electron chi connectivity index (χ1n) is 14.5. The van der Waals surface area contributed by atoms with Crippen molar-refractivity contribution >= 4 is 44.3 Å². The number of ether oxygens (including phenoxy) is 2. The largest absolute Gasteiger partial charge is 0.487 e. The number of hydrogen-bond donors (Lipinski definition) is 0. The van der Waals surface area contributed by atoms with Crippen molar-refractivity contribution in [1.29, 1.82) is 0 Å². The van der Waals surface area contributed by atoms with Crippen LogP contribution in [0.2, 0.25) is 0 Å². The molecule has 4 aromatic rings. The summed E-state index contributed by atoms with van der Waals surface area (Å²) in [5.74, 6) is -4.39. The highest BCUT2D eigenvalue weighted by atomic mass is 32.2. The minimum Gasteiger partial charge on any atom is -0.487 e. The van der Waals surface area contributed by atoms with Gasteiger partial charge in [0.15, 0.2) is 0 Å². The van der Waals surface area contributed by atoms with Crippen LogP contribution in [0.5, 0.6) is 5.75 Å². The molecular weight excluding hydrogens is 624 g/mol. The van der Waals surface area contributed by atoms with Crippen LogP contribution >= 0.6 is 11.3 Å².